The van der Waals surface area contributed by atoms with E-state index >= 15 is 0 Å². The number of aromatic amines is 1. The van der Waals surface area contributed by atoms with Crippen molar-refractivity contribution in [3.8, 4) is 5.75 Å². The molecule has 3 heterocycles. The number of halogens is 5. The molecule has 3 aromatic carbocycles. The lowest BCUT2D eigenvalue weighted by Gasteiger charge is -2.31. The van der Waals surface area contributed by atoms with Gasteiger partial charge in [-0.05, 0) is 54.1 Å². The number of benzene rings is 3. The van der Waals surface area contributed by atoms with Crippen LogP contribution in [0, 0.1) is 5.92 Å². The molecule has 210 valence electrons. The number of aromatic nitrogens is 1. The van der Waals surface area contributed by atoms with Gasteiger partial charge in [0.15, 0.2) is 0 Å². The molecule has 0 saturated carbocycles. The minimum atomic E-state index is -4.66. The Morgan fingerprint density at radius 2 is 1.68 bits per heavy atom. The average molecular weight is 637 g/mol. The van der Waals surface area contributed by atoms with Crippen LogP contribution in [-0.2, 0) is 22.4 Å². The Morgan fingerprint density at radius 1 is 0.927 bits per heavy atom. The summed E-state index contributed by atoms with van der Waals surface area (Å²) >= 11 is 14.4. The van der Waals surface area contributed by atoms with Crippen LogP contribution in [0.5, 0.6) is 5.75 Å². The molecule has 3 atom stereocenters. The maximum Gasteiger partial charge on any atom is 0.416 e. The van der Waals surface area contributed by atoms with Crippen molar-refractivity contribution in [3.63, 3.8) is 0 Å². The first-order chi connectivity index (χ1) is 19.5. The second-order valence-corrected chi connectivity index (χ2v) is 12.4. The maximum atomic E-state index is 14.0. The summed E-state index contributed by atoms with van der Waals surface area (Å²) in [5, 5.41) is 0.278. The van der Waals surface area contributed by atoms with Crippen molar-refractivity contribution in [2.24, 2.45) is 5.92 Å². The fourth-order valence-corrected chi connectivity index (χ4v) is 8.01. The lowest BCUT2D eigenvalue weighted by atomic mass is 9.82. The van der Waals surface area contributed by atoms with E-state index in [-0.39, 0.29) is 17.2 Å². The summed E-state index contributed by atoms with van der Waals surface area (Å²) < 4.78 is 46.5. The smallest absolute Gasteiger partial charge is 0.416 e. The first kappa shape index (κ1) is 27.9. The van der Waals surface area contributed by atoms with E-state index in [1.54, 1.807) is 36.4 Å². The van der Waals surface area contributed by atoms with Gasteiger partial charge in [-0.25, -0.2) is 4.90 Å². The fraction of sp³-hybridized carbons (Fsp3) is 0.179. The topological polar surface area (TPSA) is 79.5 Å². The minimum absolute atomic E-state index is 0.129. The van der Waals surface area contributed by atoms with Gasteiger partial charge in [-0.15, -0.1) is 0 Å². The number of fused-ring (bicyclic) bond motifs is 2. The van der Waals surface area contributed by atoms with Crippen molar-refractivity contribution in [2.75, 3.05) is 4.90 Å². The zero-order valence-electron chi connectivity index (χ0n) is 20.6. The van der Waals surface area contributed by atoms with Gasteiger partial charge < -0.3 is 9.72 Å². The highest BCUT2D eigenvalue weighted by molar-refractivity contribution is 8.00. The molecule has 3 unspecified atom stereocenters. The molecule has 1 saturated heterocycles. The molecule has 2 aliphatic heterocycles. The van der Waals surface area contributed by atoms with Crippen LogP contribution >= 0.6 is 46.3 Å². The normalized spacial score (nSPS) is 20.2. The monoisotopic (exact) mass is 636 g/mol. The van der Waals surface area contributed by atoms with Gasteiger partial charge >= 0.3 is 11.0 Å². The predicted octanol–water partition coefficient (Wildman–Crippen LogP) is 7.14. The number of alkyl halides is 3. The van der Waals surface area contributed by atoms with Crippen LogP contribution < -0.4 is 14.5 Å². The van der Waals surface area contributed by atoms with E-state index in [0.717, 1.165) is 51.8 Å². The van der Waals surface area contributed by atoms with E-state index < -0.39 is 40.6 Å². The Morgan fingerprint density at radius 3 is 2.44 bits per heavy atom. The summed E-state index contributed by atoms with van der Waals surface area (Å²) in [4.78, 5) is 43.7. The Balaban J connectivity index is 1.44. The van der Waals surface area contributed by atoms with Crippen molar-refractivity contribution < 1.29 is 27.5 Å². The zero-order chi connectivity index (χ0) is 29.1. The van der Waals surface area contributed by atoms with Crippen molar-refractivity contribution in [3.05, 3.63) is 108 Å². The quantitative estimate of drug-likeness (QED) is 0.236. The Labute approximate surface area is 249 Å². The summed E-state index contributed by atoms with van der Waals surface area (Å²) in [5.41, 5.74) is 0.0947. The Hall–Kier alpha value is -3.25. The summed E-state index contributed by atoms with van der Waals surface area (Å²) in [6, 6.07) is 16.0. The van der Waals surface area contributed by atoms with Crippen LogP contribution in [0.2, 0.25) is 10.0 Å². The highest BCUT2D eigenvalue weighted by Gasteiger charge is 2.57. The van der Waals surface area contributed by atoms with Crippen molar-refractivity contribution in [1.82, 2.24) is 4.98 Å². The lowest BCUT2D eigenvalue weighted by Crippen LogP contribution is -2.32. The third-order valence-electron chi connectivity index (χ3n) is 6.85. The molecule has 2 aliphatic rings. The van der Waals surface area contributed by atoms with Crippen LogP contribution in [-0.4, -0.2) is 22.0 Å². The number of amides is 2. The summed E-state index contributed by atoms with van der Waals surface area (Å²) in [7, 11) is 0. The molecule has 41 heavy (non-hydrogen) atoms. The second kappa shape index (κ2) is 10.5. The van der Waals surface area contributed by atoms with E-state index in [1.807, 2.05) is 6.07 Å². The number of anilines is 1. The Kier molecular flexibility index (Phi) is 7.17. The number of ether oxygens (including phenoxy) is 1. The summed E-state index contributed by atoms with van der Waals surface area (Å²) in [5.74, 6) is -2.84. The lowest BCUT2D eigenvalue weighted by molar-refractivity contribution is -0.137. The molecule has 13 heteroatoms. The van der Waals surface area contributed by atoms with Crippen molar-refractivity contribution in [1.29, 1.82) is 0 Å². The Bertz CT molecular complexity index is 1760. The number of hydrogen-bond donors (Lipinski definition) is 1. The molecule has 1 N–H and O–H groups in total. The second-order valence-electron chi connectivity index (χ2n) is 9.41. The highest BCUT2D eigenvalue weighted by atomic mass is 35.5. The number of carbonyl (C=O) groups excluding carboxylic acids is 2. The largest absolute Gasteiger partial charge is 0.489 e. The summed E-state index contributed by atoms with van der Waals surface area (Å²) in [6.45, 7) is 0.129. The molecular weight excluding hydrogens is 620 g/mol. The van der Waals surface area contributed by atoms with Gasteiger partial charge in [0.25, 0.3) is 0 Å². The van der Waals surface area contributed by atoms with E-state index in [1.165, 1.54) is 6.07 Å². The molecule has 1 aromatic heterocycles. The van der Waals surface area contributed by atoms with Crippen molar-refractivity contribution in [2.45, 2.75) is 29.0 Å². The van der Waals surface area contributed by atoms with Gasteiger partial charge in [-0.1, -0.05) is 64.5 Å². The SMILES string of the molecule is O=C1C2Sc3[nH]c(=O)sc3C(c3cc(Cl)ccc3OCc3cccc(Cl)c3)C2C(=O)N1c1cccc(C(F)(F)F)c1. The van der Waals surface area contributed by atoms with Gasteiger partial charge in [0.2, 0.25) is 11.8 Å². The third kappa shape index (κ3) is 5.16. The number of nitrogens with one attached hydrogen (secondary N) is 1. The van der Waals surface area contributed by atoms with E-state index in [9.17, 15) is 27.6 Å². The van der Waals surface area contributed by atoms with Gasteiger partial charge in [0, 0.05) is 26.4 Å². The molecule has 6 rings (SSSR count). The van der Waals surface area contributed by atoms with Gasteiger partial charge in [0.05, 0.1) is 22.2 Å². The minimum Gasteiger partial charge on any atom is -0.489 e. The van der Waals surface area contributed by atoms with Gasteiger partial charge in [-0.3, -0.25) is 14.4 Å². The molecule has 0 spiro atoms. The van der Waals surface area contributed by atoms with E-state index in [0.29, 0.717) is 31.3 Å². The molecule has 1 fully saturated rings. The van der Waals surface area contributed by atoms with Crippen LogP contribution in [0.25, 0.3) is 0 Å². The van der Waals surface area contributed by atoms with Crippen LogP contribution in [0.15, 0.2) is 76.6 Å². The number of nitrogens with zero attached hydrogens (tertiary/aromatic N) is 1. The summed E-state index contributed by atoms with van der Waals surface area (Å²) in [6.07, 6.45) is -4.66. The average Bonchev–Trinajstić information content (AvgIpc) is 3.41. The number of carbonyl (C=O) groups is 2. The standard InChI is InChI=1S/C28H17Cl2F3N2O4S2/c29-15-5-1-3-13(9-15)12-39-19-8-7-16(30)11-18(19)20-21-23(40-24-22(20)41-27(38)34-24)26(37)35(25(21)36)17-6-2-4-14(10-17)28(31,32)33/h1-11,20-21,23H,12H2,(H,34,38). The maximum absolute atomic E-state index is 14.0. The fourth-order valence-electron chi connectivity index (χ4n) is 5.11. The van der Waals surface area contributed by atoms with Crippen LogP contribution in [0.3, 0.4) is 0 Å². The van der Waals surface area contributed by atoms with E-state index in [2.05, 4.69) is 4.98 Å². The highest BCUT2D eigenvalue weighted by Crippen LogP contribution is 2.55. The number of thioether (sulfide) groups is 1. The number of imide groups is 1. The zero-order valence-corrected chi connectivity index (χ0v) is 23.7. The molecule has 0 bridgehead atoms. The van der Waals surface area contributed by atoms with Crippen molar-refractivity contribution >= 4 is 63.8 Å². The molecular formula is C28H17Cl2F3N2O4S2. The first-order valence-electron chi connectivity index (χ1n) is 12.1. The van der Waals surface area contributed by atoms with Gasteiger partial charge in [0.1, 0.15) is 17.6 Å². The molecule has 4 aromatic rings. The predicted molar refractivity (Wildman–Crippen MR) is 151 cm³/mol. The van der Waals surface area contributed by atoms with E-state index in [4.69, 9.17) is 27.9 Å². The molecule has 2 amide bonds. The number of hydrogen-bond acceptors (Lipinski definition) is 6. The number of rotatable bonds is 5. The molecule has 0 radical (unpaired) electrons. The number of H-pyrrole nitrogens is 1. The number of thiazole rings is 1. The van der Waals surface area contributed by atoms with Gasteiger partial charge in [-0.2, -0.15) is 13.2 Å². The molecule has 6 nitrogen and oxygen atoms in total. The molecule has 0 aliphatic carbocycles. The van der Waals surface area contributed by atoms with Crippen LogP contribution in [0.4, 0.5) is 18.9 Å². The first-order valence-corrected chi connectivity index (χ1v) is 14.6. The van der Waals surface area contributed by atoms with Crippen LogP contribution in [0.1, 0.15) is 27.5 Å². The third-order valence-corrected chi connectivity index (χ3v) is 9.72.